The average Bonchev–Trinajstić information content (AvgIpc) is 3.43. The third-order valence-electron chi connectivity index (χ3n) is 5.45. The first-order valence-electron chi connectivity index (χ1n) is 11.2. The van der Waals surface area contributed by atoms with E-state index in [0.717, 1.165) is 46.5 Å². The summed E-state index contributed by atoms with van der Waals surface area (Å²) in [4.78, 5) is 9.49. The zero-order chi connectivity index (χ0) is 24.1. The number of anilines is 1. The molecule has 0 unspecified atom stereocenters. The molecule has 3 heterocycles. The van der Waals surface area contributed by atoms with Gasteiger partial charge in [0.15, 0.2) is 5.82 Å². The van der Waals surface area contributed by atoms with Crippen LogP contribution in [0.15, 0.2) is 55.2 Å². The van der Waals surface area contributed by atoms with Crippen molar-refractivity contribution >= 4 is 15.7 Å². The monoisotopic (exact) mass is 479 g/mol. The van der Waals surface area contributed by atoms with E-state index in [9.17, 15) is 8.42 Å². The lowest BCUT2D eigenvalue weighted by atomic mass is 10.1. The molecule has 10 heteroatoms. The molecule has 4 aromatic rings. The van der Waals surface area contributed by atoms with E-state index in [1.165, 1.54) is 6.26 Å². The lowest BCUT2D eigenvalue weighted by Crippen LogP contribution is -2.08. The predicted molar refractivity (Wildman–Crippen MR) is 134 cm³/mol. The molecule has 1 aromatic carbocycles. The highest BCUT2D eigenvalue weighted by molar-refractivity contribution is 7.90. The molecule has 178 valence electrons. The van der Waals surface area contributed by atoms with Crippen LogP contribution in [0.2, 0.25) is 0 Å². The minimum atomic E-state index is -2.92. The van der Waals surface area contributed by atoms with Gasteiger partial charge in [0.05, 0.1) is 12.4 Å². The van der Waals surface area contributed by atoms with Crippen molar-refractivity contribution in [3.05, 3.63) is 55.2 Å². The van der Waals surface area contributed by atoms with Gasteiger partial charge in [-0.05, 0) is 24.5 Å². The molecule has 3 aromatic heterocycles. The Morgan fingerprint density at radius 1 is 0.882 bits per heavy atom. The quantitative estimate of drug-likeness (QED) is 0.346. The van der Waals surface area contributed by atoms with Crippen LogP contribution in [-0.2, 0) is 23.9 Å². The molecule has 0 radical (unpaired) electrons. The lowest BCUT2D eigenvalue weighted by molar-refractivity contribution is 0.596. The predicted octanol–water partition coefficient (Wildman–Crippen LogP) is 3.57. The highest BCUT2D eigenvalue weighted by Gasteiger charge is 2.13. The van der Waals surface area contributed by atoms with E-state index < -0.39 is 9.84 Å². The van der Waals surface area contributed by atoms with Crippen LogP contribution in [0.3, 0.4) is 0 Å². The van der Waals surface area contributed by atoms with Crippen molar-refractivity contribution in [2.45, 2.75) is 19.3 Å². The summed E-state index contributed by atoms with van der Waals surface area (Å²) in [5.74, 6) is 1.57. The maximum Gasteiger partial charge on any atom is 0.161 e. The molecule has 4 rings (SSSR count). The average molecular weight is 480 g/mol. The Balaban J connectivity index is 1.56. The maximum atomic E-state index is 11.3. The second kappa shape index (κ2) is 10.2. The Hall–Kier alpha value is -3.53. The van der Waals surface area contributed by atoms with Crippen LogP contribution in [0.5, 0.6) is 0 Å². The van der Waals surface area contributed by atoms with Crippen LogP contribution in [0, 0.1) is 0 Å². The first-order chi connectivity index (χ1) is 16.3. The van der Waals surface area contributed by atoms with Crippen molar-refractivity contribution in [2.24, 2.45) is 14.1 Å². The normalized spacial score (nSPS) is 11.6. The topological polar surface area (TPSA) is 108 Å². The number of hydrogen-bond donors (Lipinski definition) is 1. The van der Waals surface area contributed by atoms with Crippen molar-refractivity contribution in [3.63, 3.8) is 0 Å². The van der Waals surface area contributed by atoms with E-state index in [1.807, 2.05) is 57.1 Å². The van der Waals surface area contributed by atoms with Gasteiger partial charge in [-0.3, -0.25) is 9.36 Å². The smallest absolute Gasteiger partial charge is 0.161 e. The molecule has 34 heavy (non-hydrogen) atoms. The van der Waals surface area contributed by atoms with Crippen molar-refractivity contribution in [1.29, 1.82) is 0 Å². The van der Waals surface area contributed by atoms with Crippen LogP contribution < -0.4 is 5.32 Å². The summed E-state index contributed by atoms with van der Waals surface area (Å²) in [7, 11) is 0.850. The number of benzene rings is 1. The van der Waals surface area contributed by atoms with Crippen molar-refractivity contribution in [1.82, 2.24) is 29.5 Å². The molecule has 0 saturated carbocycles. The maximum absolute atomic E-state index is 11.3. The zero-order valence-electron chi connectivity index (χ0n) is 19.6. The summed E-state index contributed by atoms with van der Waals surface area (Å²) in [6.07, 6.45) is 13.0. The molecule has 0 aliphatic heterocycles. The van der Waals surface area contributed by atoms with E-state index >= 15 is 0 Å². The van der Waals surface area contributed by atoms with Gasteiger partial charge in [0.2, 0.25) is 0 Å². The first-order valence-corrected chi connectivity index (χ1v) is 13.2. The SMILES string of the molecule is Cn1cc(-c2cccc(-c3ncc(-c4cnn(C)c4)c(NCCCCCS(C)(=O)=O)n3)c2)cn1. The third kappa shape index (κ3) is 6.07. The number of rotatable bonds is 10. The summed E-state index contributed by atoms with van der Waals surface area (Å²) in [6, 6.07) is 8.09. The van der Waals surface area contributed by atoms with Gasteiger partial charge in [-0.25, -0.2) is 18.4 Å². The fourth-order valence-electron chi connectivity index (χ4n) is 3.71. The second-order valence-corrected chi connectivity index (χ2v) is 10.7. The Bertz CT molecular complexity index is 1380. The van der Waals surface area contributed by atoms with Gasteiger partial charge in [-0.15, -0.1) is 0 Å². The van der Waals surface area contributed by atoms with E-state index in [-0.39, 0.29) is 5.75 Å². The van der Waals surface area contributed by atoms with Crippen molar-refractivity contribution < 1.29 is 8.42 Å². The summed E-state index contributed by atoms with van der Waals surface area (Å²) < 4.78 is 26.2. The number of nitrogens with one attached hydrogen (secondary N) is 1. The number of nitrogens with zero attached hydrogens (tertiary/aromatic N) is 6. The Kier molecular flexibility index (Phi) is 7.06. The van der Waals surface area contributed by atoms with E-state index in [2.05, 4.69) is 26.6 Å². The van der Waals surface area contributed by atoms with Gasteiger partial charge in [0.25, 0.3) is 0 Å². The largest absolute Gasteiger partial charge is 0.369 e. The fraction of sp³-hybridized carbons (Fsp3) is 0.333. The molecule has 0 atom stereocenters. The molecular formula is C24H29N7O2S. The summed E-state index contributed by atoms with van der Waals surface area (Å²) in [5, 5.41) is 12.0. The summed E-state index contributed by atoms with van der Waals surface area (Å²) in [5.41, 5.74) is 4.79. The molecule has 0 bridgehead atoms. The molecule has 0 aliphatic carbocycles. The van der Waals surface area contributed by atoms with Crippen molar-refractivity contribution in [3.8, 4) is 33.6 Å². The van der Waals surface area contributed by atoms with Gasteiger partial charge < -0.3 is 5.32 Å². The molecular weight excluding hydrogens is 450 g/mol. The summed E-state index contributed by atoms with van der Waals surface area (Å²) >= 11 is 0. The standard InChI is InChI=1S/C24H29N7O2S/c1-30-16-20(13-27-30)18-8-7-9-19(12-18)23-26-15-22(21-14-28-31(2)17-21)24(29-23)25-10-5-4-6-11-34(3,32)33/h7-9,12-17H,4-6,10-11H2,1-3H3,(H,25,26,29). The first kappa shape index (κ1) is 23.6. The molecule has 0 saturated heterocycles. The van der Waals surface area contributed by atoms with Crippen LogP contribution in [0.25, 0.3) is 33.6 Å². The van der Waals surface area contributed by atoms with Gasteiger partial charge in [0, 0.05) is 73.5 Å². The fourth-order valence-corrected chi connectivity index (χ4v) is 4.44. The Morgan fingerprint density at radius 2 is 1.59 bits per heavy atom. The lowest BCUT2D eigenvalue weighted by Gasteiger charge is -2.12. The molecule has 1 N–H and O–H groups in total. The second-order valence-electron chi connectivity index (χ2n) is 8.46. The van der Waals surface area contributed by atoms with Crippen LogP contribution in [0.4, 0.5) is 5.82 Å². The third-order valence-corrected chi connectivity index (χ3v) is 6.48. The van der Waals surface area contributed by atoms with Gasteiger partial charge >= 0.3 is 0 Å². The van der Waals surface area contributed by atoms with Crippen LogP contribution in [0.1, 0.15) is 19.3 Å². The number of unbranched alkanes of at least 4 members (excludes halogenated alkanes) is 2. The Labute approximate surface area is 199 Å². The number of aryl methyl sites for hydroxylation is 2. The van der Waals surface area contributed by atoms with E-state index in [0.29, 0.717) is 18.8 Å². The highest BCUT2D eigenvalue weighted by atomic mass is 32.2. The number of sulfone groups is 1. The van der Waals surface area contributed by atoms with Gasteiger partial charge in [-0.2, -0.15) is 10.2 Å². The molecule has 9 nitrogen and oxygen atoms in total. The van der Waals surface area contributed by atoms with Crippen molar-refractivity contribution in [2.75, 3.05) is 23.9 Å². The van der Waals surface area contributed by atoms with Gasteiger partial charge in [0.1, 0.15) is 15.7 Å². The molecule has 0 fully saturated rings. The molecule has 0 aliphatic rings. The number of hydrogen-bond acceptors (Lipinski definition) is 7. The highest BCUT2D eigenvalue weighted by Crippen LogP contribution is 2.29. The minimum absolute atomic E-state index is 0.221. The Morgan fingerprint density at radius 3 is 2.26 bits per heavy atom. The zero-order valence-corrected chi connectivity index (χ0v) is 20.5. The van der Waals surface area contributed by atoms with E-state index in [4.69, 9.17) is 4.98 Å². The summed E-state index contributed by atoms with van der Waals surface area (Å²) in [6.45, 7) is 0.684. The minimum Gasteiger partial charge on any atom is -0.369 e. The molecule has 0 spiro atoms. The molecule has 0 amide bonds. The number of aromatic nitrogens is 6. The van der Waals surface area contributed by atoms with E-state index in [1.54, 1.807) is 15.6 Å². The van der Waals surface area contributed by atoms with Crippen LogP contribution >= 0.6 is 0 Å². The van der Waals surface area contributed by atoms with Gasteiger partial charge in [-0.1, -0.05) is 24.6 Å². The van der Waals surface area contributed by atoms with Crippen LogP contribution in [-0.4, -0.2) is 56.5 Å².